The monoisotopic (exact) mass is 339 g/mol. The molecular weight excluding hydrogens is 314 g/mol. The highest BCUT2D eigenvalue weighted by Gasteiger charge is 2.28. The third kappa shape index (κ3) is 3.42. The van der Waals surface area contributed by atoms with E-state index in [0.717, 1.165) is 42.6 Å². The predicted octanol–water partition coefficient (Wildman–Crippen LogP) is 3.30. The molecule has 0 saturated carbocycles. The predicted molar refractivity (Wildman–Crippen MR) is 97.9 cm³/mol. The molecule has 1 aromatic heterocycles. The summed E-state index contributed by atoms with van der Waals surface area (Å²) in [4.78, 5) is 15.1. The van der Waals surface area contributed by atoms with Gasteiger partial charge in [0.1, 0.15) is 11.4 Å². The molecule has 0 bridgehead atoms. The summed E-state index contributed by atoms with van der Waals surface area (Å²) in [6, 6.07) is 5.49. The highest BCUT2D eigenvalue weighted by Crippen LogP contribution is 2.32. The van der Waals surface area contributed by atoms with Crippen LogP contribution in [-0.4, -0.2) is 46.1 Å². The molecule has 1 unspecified atom stereocenters. The van der Waals surface area contributed by atoms with E-state index in [1.807, 2.05) is 40.0 Å². The first kappa shape index (κ1) is 17.5. The summed E-state index contributed by atoms with van der Waals surface area (Å²) >= 11 is 0. The highest BCUT2D eigenvalue weighted by atomic mass is 16.3. The topological polar surface area (TPSA) is 66.3 Å². The van der Waals surface area contributed by atoms with Crippen molar-refractivity contribution < 1.29 is 9.90 Å². The first-order valence-electron chi connectivity index (χ1n) is 8.75. The van der Waals surface area contributed by atoms with Gasteiger partial charge in [-0.3, -0.25) is 4.79 Å². The van der Waals surface area contributed by atoms with Crippen molar-refractivity contribution in [2.75, 3.05) is 20.1 Å². The number of hydrogen-bond donors (Lipinski definition) is 1. The maximum Gasteiger partial charge on any atom is 0.187 e. The van der Waals surface area contributed by atoms with E-state index < -0.39 is 0 Å². The molecule has 132 valence electrons. The SMILES string of the molecule is Cc1ccc(-c2nnc(C(=O)C3CCCN(C)C3)c(C)c2C)c(O)c1. The van der Waals surface area contributed by atoms with Gasteiger partial charge >= 0.3 is 0 Å². The van der Waals surface area contributed by atoms with Gasteiger partial charge in [0, 0.05) is 18.0 Å². The van der Waals surface area contributed by atoms with E-state index >= 15 is 0 Å². The number of carbonyl (C=O) groups is 1. The fraction of sp³-hybridized carbons (Fsp3) is 0.450. The number of nitrogens with zero attached hydrogens (tertiary/aromatic N) is 3. The van der Waals surface area contributed by atoms with E-state index in [4.69, 9.17) is 0 Å². The maximum atomic E-state index is 12.9. The second-order valence-electron chi connectivity index (χ2n) is 7.13. The Bertz CT molecular complexity index is 817. The van der Waals surface area contributed by atoms with Crippen LogP contribution in [0.2, 0.25) is 0 Å². The van der Waals surface area contributed by atoms with Crippen LogP contribution in [-0.2, 0) is 0 Å². The van der Waals surface area contributed by atoms with Crippen molar-refractivity contribution in [3.05, 3.63) is 40.6 Å². The van der Waals surface area contributed by atoms with E-state index in [2.05, 4.69) is 15.1 Å². The minimum Gasteiger partial charge on any atom is -0.507 e. The molecule has 1 atom stereocenters. The van der Waals surface area contributed by atoms with Crippen LogP contribution in [0.5, 0.6) is 5.75 Å². The fourth-order valence-corrected chi connectivity index (χ4v) is 3.51. The average Bonchev–Trinajstić information content (AvgIpc) is 2.57. The van der Waals surface area contributed by atoms with Gasteiger partial charge in [0.2, 0.25) is 0 Å². The number of rotatable bonds is 3. The Balaban J connectivity index is 1.96. The fourth-order valence-electron chi connectivity index (χ4n) is 3.51. The minimum atomic E-state index is -0.00947. The first-order valence-corrected chi connectivity index (χ1v) is 8.75. The molecule has 0 radical (unpaired) electrons. The number of carbonyl (C=O) groups excluding carboxylic acids is 1. The summed E-state index contributed by atoms with van der Waals surface area (Å²) in [5.74, 6) is 0.258. The van der Waals surface area contributed by atoms with E-state index in [0.29, 0.717) is 17.0 Å². The van der Waals surface area contributed by atoms with E-state index in [1.165, 1.54) is 0 Å². The molecule has 5 heteroatoms. The normalized spacial score (nSPS) is 18.3. The van der Waals surface area contributed by atoms with E-state index in [1.54, 1.807) is 6.07 Å². The lowest BCUT2D eigenvalue weighted by atomic mass is 9.90. The molecule has 0 aliphatic carbocycles. The van der Waals surface area contributed by atoms with Gasteiger partial charge in [-0.25, -0.2) is 0 Å². The minimum absolute atomic E-state index is 0.00947. The van der Waals surface area contributed by atoms with Crippen molar-refractivity contribution in [2.45, 2.75) is 33.6 Å². The van der Waals surface area contributed by atoms with Gasteiger partial charge in [-0.15, -0.1) is 10.2 Å². The molecule has 1 N–H and O–H groups in total. The van der Waals surface area contributed by atoms with Gasteiger partial charge in [-0.05, 0) is 76.0 Å². The molecule has 3 rings (SSSR count). The Labute approximate surface area is 148 Å². The van der Waals surface area contributed by atoms with Crippen molar-refractivity contribution in [3.63, 3.8) is 0 Å². The number of piperidine rings is 1. The van der Waals surface area contributed by atoms with Crippen molar-refractivity contribution >= 4 is 5.78 Å². The highest BCUT2D eigenvalue weighted by molar-refractivity contribution is 5.98. The zero-order chi connectivity index (χ0) is 18.1. The molecule has 2 heterocycles. The standard InChI is InChI=1S/C20H25N3O2/c1-12-7-8-16(17(24)10-12)18-13(2)14(3)19(22-21-18)20(25)15-6-5-9-23(4)11-15/h7-8,10,15,24H,5-6,9,11H2,1-4H3. The molecule has 2 aromatic rings. The summed E-state index contributed by atoms with van der Waals surface area (Å²) < 4.78 is 0. The molecule has 1 aromatic carbocycles. The molecule has 0 spiro atoms. The maximum absolute atomic E-state index is 12.9. The third-order valence-corrected chi connectivity index (χ3v) is 5.16. The van der Waals surface area contributed by atoms with E-state index in [-0.39, 0.29) is 17.5 Å². The Kier molecular flexibility index (Phi) is 4.86. The van der Waals surface area contributed by atoms with Gasteiger partial charge in [0.05, 0.1) is 5.69 Å². The molecular formula is C20H25N3O2. The van der Waals surface area contributed by atoms with Gasteiger partial charge < -0.3 is 10.0 Å². The Morgan fingerprint density at radius 2 is 1.96 bits per heavy atom. The number of aryl methyl sites for hydroxylation is 1. The Hall–Kier alpha value is -2.27. The van der Waals surface area contributed by atoms with Crippen LogP contribution < -0.4 is 0 Å². The van der Waals surface area contributed by atoms with Crippen LogP contribution >= 0.6 is 0 Å². The lowest BCUT2D eigenvalue weighted by molar-refractivity contribution is 0.0836. The first-order chi connectivity index (χ1) is 11.9. The van der Waals surface area contributed by atoms with Gasteiger partial charge in [-0.1, -0.05) is 6.07 Å². The number of aromatic nitrogens is 2. The average molecular weight is 339 g/mol. The van der Waals surface area contributed by atoms with Crippen LogP contribution in [0.1, 0.15) is 40.0 Å². The van der Waals surface area contributed by atoms with E-state index in [9.17, 15) is 9.90 Å². The number of benzene rings is 1. The van der Waals surface area contributed by atoms with Crippen molar-refractivity contribution in [2.24, 2.45) is 5.92 Å². The number of ketones is 1. The molecule has 1 fully saturated rings. The second-order valence-corrected chi connectivity index (χ2v) is 7.13. The summed E-state index contributed by atoms with van der Waals surface area (Å²) in [7, 11) is 2.05. The number of phenols is 1. The van der Waals surface area contributed by atoms with Crippen LogP contribution in [0.25, 0.3) is 11.3 Å². The van der Waals surface area contributed by atoms with Gasteiger partial charge in [0.25, 0.3) is 0 Å². The number of Topliss-reactive ketones (excluding diaryl/α,β-unsaturated/α-hetero) is 1. The zero-order valence-electron chi connectivity index (χ0n) is 15.3. The number of aromatic hydroxyl groups is 1. The third-order valence-electron chi connectivity index (χ3n) is 5.16. The Morgan fingerprint density at radius 3 is 2.64 bits per heavy atom. The van der Waals surface area contributed by atoms with Crippen LogP contribution in [0.4, 0.5) is 0 Å². The molecule has 0 amide bonds. The number of likely N-dealkylation sites (tertiary alicyclic amines) is 1. The number of phenolic OH excluding ortho intramolecular Hbond substituents is 1. The molecule has 25 heavy (non-hydrogen) atoms. The number of hydrogen-bond acceptors (Lipinski definition) is 5. The summed E-state index contributed by atoms with van der Waals surface area (Å²) in [6.07, 6.45) is 1.94. The van der Waals surface area contributed by atoms with Crippen LogP contribution in [0.3, 0.4) is 0 Å². The van der Waals surface area contributed by atoms with Crippen molar-refractivity contribution in [1.29, 1.82) is 0 Å². The lowest BCUT2D eigenvalue weighted by Gasteiger charge is -2.28. The van der Waals surface area contributed by atoms with Crippen LogP contribution in [0, 0.1) is 26.7 Å². The summed E-state index contributed by atoms with van der Waals surface area (Å²) in [5.41, 5.74) is 4.47. The smallest absolute Gasteiger partial charge is 0.187 e. The molecule has 1 aliphatic heterocycles. The van der Waals surface area contributed by atoms with Gasteiger partial charge in [0.15, 0.2) is 5.78 Å². The second kappa shape index (κ2) is 6.92. The molecule has 1 saturated heterocycles. The summed E-state index contributed by atoms with van der Waals surface area (Å²) in [5, 5.41) is 18.8. The molecule has 1 aliphatic rings. The quantitative estimate of drug-likeness (QED) is 0.869. The Morgan fingerprint density at radius 1 is 1.20 bits per heavy atom. The molecule has 5 nitrogen and oxygen atoms in total. The largest absolute Gasteiger partial charge is 0.507 e. The zero-order valence-corrected chi connectivity index (χ0v) is 15.3. The lowest BCUT2D eigenvalue weighted by Crippen LogP contribution is -2.36. The van der Waals surface area contributed by atoms with Crippen molar-refractivity contribution in [1.82, 2.24) is 15.1 Å². The van der Waals surface area contributed by atoms with Gasteiger partial charge in [-0.2, -0.15) is 0 Å². The summed E-state index contributed by atoms with van der Waals surface area (Å²) in [6.45, 7) is 7.59. The van der Waals surface area contributed by atoms with Crippen molar-refractivity contribution in [3.8, 4) is 17.0 Å². The van der Waals surface area contributed by atoms with Crippen LogP contribution in [0.15, 0.2) is 18.2 Å².